The number of benzene rings is 1. The van der Waals surface area contributed by atoms with Crippen LogP contribution in [0.25, 0.3) is 11.3 Å². The summed E-state index contributed by atoms with van der Waals surface area (Å²) in [4.78, 5) is 21.0. The van der Waals surface area contributed by atoms with Gasteiger partial charge in [-0.25, -0.2) is 4.98 Å². The summed E-state index contributed by atoms with van der Waals surface area (Å²) in [6.45, 7) is 1.28. The molecule has 1 aromatic heterocycles. The van der Waals surface area contributed by atoms with Crippen LogP contribution in [0.4, 0.5) is 11.8 Å². The van der Waals surface area contributed by atoms with E-state index >= 15 is 0 Å². The van der Waals surface area contributed by atoms with E-state index in [0.29, 0.717) is 30.3 Å². The third-order valence-electron chi connectivity index (χ3n) is 4.88. The molecule has 4 rings (SSSR count). The SMILES string of the molecule is Cl.Cl.Nc1nc(NC2CC2)cc(-c2ccc(C(=O)N[C@@H]3CCNC[C@H]3O)cc2)n1. The highest BCUT2D eigenvalue weighted by Crippen LogP contribution is 2.26. The van der Waals surface area contributed by atoms with Gasteiger partial charge in [0.2, 0.25) is 5.95 Å². The van der Waals surface area contributed by atoms with Crippen LogP contribution in [-0.2, 0) is 0 Å². The van der Waals surface area contributed by atoms with Gasteiger partial charge >= 0.3 is 0 Å². The predicted octanol–water partition coefficient (Wildman–Crippen LogP) is 1.60. The van der Waals surface area contributed by atoms with Gasteiger partial charge < -0.3 is 26.8 Å². The fourth-order valence-corrected chi connectivity index (χ4v) is 3.18. The molecule has 2 heterocycles. The molecule has 2 aromatic rings. The van der Waals surface area contributed by atoms with Gasteiger partial charge in [0, 0.05) is 29.8 Å². The first-order chi connectivity index (χ1) is 13.1. The third kappa shape index (κ3) is 5.93. The molecule has 10 heteroatoms. The fraction of sp³-hybridized carbons (Fsp3) is 0.421. The van der Waals surface area contributed by atoms with Gasteiger partial charge in [-0.2, -0.15) is 4.98 Å². The molecule has 6 N–H and O–H groups in total. The molecule has 0 radical (unpaired) electrons. The second kappa shape index (κ2) is 10.1. The molecule has 158 valence electrons. The lowest BCUT2D eigenvalue weighted by molar-refractivity contribution is 0.0765. The highest BCUT2D eigenvalue weighted by molar-refractivity contribution is 5.94. The normalized spacial score (nSPS) is 20.7. The number of nitrogen functional groups attached to an aromatic ring is 1. The van der Waals surface area contributed by atoms with E-state index in [4.69, 9.17) is 5.73 Å². The molecule has 1 aliphatic carbocycles. The van der Waals surface area contributed by atoms with Crippen molar-refractivity contribution in [1.29, 1.82) is 0 Å². The average molecular weight is 441 g/mol. The van der Waals surface area contributed by atoms with Gasteiger partial charge in [0.15, 0.2) is 0 Å². The summed E-state index contributed by atoms with van der Waals surface area (Å²) in [5.74, 6) is 0.755. The number of nitrogens with one attached hydrogen (secondary N) is 3. The molecular formula is C19H26Cl2N6O2. The summed E-state index contributed by atoms with van der Waals surface area (Å²) < 4.78 is 0. The molecular weight excluding hydrogens is 415 g/mol. The van der Waals surface area contributed by atoms with Gasteiger partial charge in [0.05, 0.1) is 17.8 Å². The minimum Gasteiger partial charge on any atom is -0.390 e. The molecule has 8 nitrogen and oxygen atoms in total. The summed E-state index contributed by atoms with van der Waals surface area (Å²) in [6.07, 6.45) is 2.44. The Hall–Kier alpha value is -2.13. The molecule has 0 bridgehead atoms. The van der Waals surface area contributed by atoms with Crippen molar-refractivity contribution in [2.45, 2.75) is 37.5 Å². The number of nitrogens with zero attached hydrogens (tertiary/aromatic N) is 2. The summed E-state index contributed by atoms with van der Waals surface area (Å²) in [6, 6.07) is 9.32. The number of carbonyl (C=O) groups excluding carboxylic acids is 1. The van der Waals surface area contributed by atoms with E-state index in [-0.39, 0.29) is 42.7 Å². The lowest BCUT2D eigenvalue weighted by atomic mass is 10.0. The number of amides is 1. The van der Waals surface area contributed by atoms with Crippen molar-refractivity contribution >= 4 is 42.5 Å². The zero-order chi connectivity index (χ0) is 18.8. The van der Waals surface area contributed by atoms with E-state index in [0.717, 1.165) is 30.8 Å². The standard InChI is InChI=1S/C19H24N6O2.2ClH/c20-19-24-15(9-17(25-19)22-13-5-6-13)11-1-3-12(4-2-11)18(27)23-14-7-8-21-10-16(14)26;;/h1-4,9,13-14,16,21,26H,5-8,10H2,(H,23,27)(H3,20,22,24,25);2*1H/t14-,16-;;/m1../s1. The van der Waals surface area contributed by atoms with Crippen molar-refractivity contribution in [3.8, 4) is 11.3 Å². The van der Waals surface area contributed by atoms with E-state index in [1.54, 1.807) is 12.1 Å². The van der Waals surface area contributed by atoms with Gasteiger partial charge in [0.1, 0.15) is 5.82 Å². The van der Waals surface area contributed by atoms with E-state index in [2.05, 4.69) is 25.9 Å². The number of rotatable bonds is 5. The summed E-state index contributed by atoms with van der Waals surface area (Å²) in [7, 11) is 0. The van der Waals surface area contributed by atoms with E-state index in [9.17, 15) is 9.90 Å². The number of aliphatic hydroxyl groups is 1. The topological polar surface area (TPSA) is 125 Å². The summed E-state index contributed by atoms with van der Waals surface area (Å²) in [5, 5.41) is 19.3. The highest BCUT2D eigenvalue weighted by atomic mass is 35.5. The first kappa shape index (κ1) is 23.2. The predicted molar refractivity (Wildman–Crippen MR) is 118 cm³/mol. The maximum absolute atomic E-state index is 12.4. The molecule has 1 amide bonds. The molecule has 1 aromatic carbocycles. The Bertz CT molecular complexity index is 832. The van der Waals surface area contributed by atoms with Crippen LogP contribution in [0.15, 0.2) is 30.3 Å². The van der Waals surface area contributed by atoms with Gasteiger partial charge in [-0.15, -0.1) is 24.8 Å². The Morgan fingerprint density at radius 1 is 1.14 bits per heavy atom. The minimum atomic E-state index is -0.566. The van der Waals surface area contributed by atoms with E-state index in [1.807, 2.05) is 18.2 Å². The largest absolute Gasteiger partial charge is 0.390 e. The monoisotopic (exact) mass is 440 g/mol. The number of aliphatic hydroxyl groups excluding tert-OH is 1. The van der Waals surface area contributed by atoms with Crippen LogP contribution in [0, 0.1) is 0 Å². The van der Waals surface area contributed by atoms with Crippen LogP contribution < -0.4 is 21.7 Å². The van der Waals surface area contributed by atoms with Crippen molar-refractivity contribution in [1.82, 2.24) is 20.6 Å². The molecule has 0 spiro atoms. The first-order valence-corrected chi connectivity index (χ1v) is 9.29. The number of carbonyl (C=O) groups is 1. The molecule has 2 aliphatic rings. The second-order valence-corrected chi connectivity index (χ2v) is 7.13. The van der Waals surface area contributed by atoms with Gasteiger partial charge in [-0.3, -0.25) is 4.79 Å². The molecule has 29 heavy (non-hydrogen) atoms. The Balaban J connectivity index is 0.00000150. The van der Waals surface area contributed by atoms with E-state index < -0.39 is 6.10 Å². The number of aromatic nitrogens is 2. The second-order valence-electron chi connectivity index (χ2n) is 7.13. The number of piperidine rings is 1. The van der Waals surface area contributed by atoms with Gasteiger partial charge in [0.25, 0.3) is 5.91 Å². The zero-order valence-corrected chi connectivity index (χ0v) is 17.4. The number of halogens is 2. The average Bonchev–Trinajstić information content (AvgIpc) is 3.47. The van der Waals surface area contributed by atoms with Crippen LogP contribution in [0.5, 0.6) is 0 Å². The Morgan fingerprint density at radius 3 is 2.52 bits per heavy atom. The molecule has 1 saturated carbocycles. The van der Waals surface area contributed by atoms with Crippen molar-refractivity contribution in [2.24, 2.45) is 0 Å². The number of anilines is 2. The fourth-order valence-electron chi connectivity index (χ4n) is 3.18. The Labute approximate surface area is 181 Å². The smallest absolute Gasteiger partial charge is 0.251 e. The quantitative estimate of drug-likeness (QED) is 0.477. The van der Waals surface area contributed by atoms with Crippen molar-refractivity contribution in [3.63, 3.8) is 0 Å². The van der Waals surface area contributed by atoms with E-state index in [1.165, 1.54) is 0 Å². The highest BCUT2D eigenvalue weighted by Gasteiger charge is 2.25. The molecule has 1 saturated heterocycles. The number of hydrogen-bond donors (Lipinski definition) is 5. The molecule has 2 atom stereocenters. The van der Waals surface area contributed by atoms with Crippen LogP contribution in [0.1, 0.15) is 29.6 Å². The summed E-state index contributed by atoms with van der Waals surface area (Å²) in [5.41, 5.74) is 7.95. The maximum atomic E-state index is 12.4. The first-order valence-electron chi connectivity index (χ1n) is 9.29. The van der Waals surface area contributed by atoms with Crippen LogP contribution in [-0.4, -0.2) is 52.3 Å². The van der Waals surface area contributed by atoms with Crippen LogP contribution >= 0.6 is 24.8 Å². The van der Waals surface area contributed by atoms with Crippen LogP contribution in [0.3, 0.4) is 0 Å². The van der Waals surface area contributed by atoms with Gasteiger partial charge in [-0.1, -0.05) is 12.1 Å². The lowest BCUT2D eigenvalue weighted by Gasteiger charge is -2.29. The Kier molecular flexibility index (Phi) is 8.04. The summed E-state index contributed by atoms with van der Waals surface area (Å²) >= 11 is 0. The molecule has 0 unspecified atom stereocenters. The van der Waals surface area contributed by atoms with Crippen LogP contribution in [0.2, 0.25) is 0 Å². The van der Waals surface area contributed by atoms with Crippen molar-refractivity contribution in [3.05, 3.63) is 35.9 Å². The lowest BCUT2D eigenvalue weighted by Crippen LogP contribution is -2.52. The van der Waals surface area contributed by atoms with Crippen molar-refractivity contribution in [2.75, 3.05) is 24.1 Å². The third-order valence-corrected chi connectivity index (χ3v) is 4.88. The van der Waals surface area contributed by atoms with Crippen molar-refractivity contribution < 1.29 is 9.90 Å². The Morgan fingerprint density at radius 2 is 1.86 bits per heavy atom. The minimum absolute atomic E-state index is 0. The molecule has 2 fully saturated rings. The maximum Gasteiger partial charge on any atom is 0.251 e. The number of β-amino-alcohol motifs (C(OH)–C–C–N with tert-alkyl or cyclic N) is 1. The zero-order valence-electron chi connectivity index (χ0n) is 15.8. The number of hydrogen-bond acceptors (Lipinski definition) is 7. The molecule has 1 aliphatic heterocycles. The number of nitrogens with two attached hydrogens (primary N) is 1. The van der Waals surface area contributed by atoms with Gasteiger partial charge in [-0.05, 0) is 37.9 Å².